The van der Waals surface area contributed by atoms with Crippen molar-refractivity contribution < 1.29 is 23.6 Å². The molecule has 0 aliphatic rings. The molecule has 0 spiro atoms. The lowest BCUT2D eigenvalue weighted by Crippen LogP contribution is -2.14. The minimum Gasteiger partial charge on any atom is -0.493 e. The van der Waals surface area contributed by atoms with Crippen LogP contribution in [0.4, 0.5) is 15.8 Å². The van der Waals surface area contributed by atoms with Gasteiger partial charge < -0.3 is 14.8 Å². The Morgan fingerprint density at radius 2 is 1.83 bits per heavy atom. The first-order valence-electron chi connectivity index (χ1n) is 6.43. The molecule has 1 amide bonds. The van der Waals surface area contributed by atoms with Crippen LogP contribution >= 0.6 is 0 Å². The van der Waals surface area contributed by atoms with Gasteiger partial charge in [-0.15, -0.1) is 0 Å². The number of carbonyl (C=O) groups excluding carboxylic acids is 1. The van der Waals surface area contributed by atoms with Crippen LogP contribution in [0.1, 0.15) is 10.4 Å². The second-order valence-corrected chi connectivity index (χ2v) is 4.45. The van der Waals surface area contributed by atoms with Crippen LogP contribution in [0.5, 0.6) is 11.5 Å². The normalized spacial score (nSPS) is 10.0. The van der Waals surface area contributed by atoms with Gasteiger partial charge >= 0.3 is 0 Å². The first-order chi connectivity index (χ1) is 11.0. The van der Waals surface area contributed by atoms with Crippen LogP contribution in [-0.2, 0) is 0 Å². The number of benzene rings is 2. The average molecular weight is 320 g/mol. The highest BCUT2D eigenvalue weighted by atomic mass is 19.1. The van der Waals surface area contributed by atoms with E-state index in [0.29, 0.717) is 0 Å². The number of nitrogens with one attached hydrogen (secondary N) is 1. The second-order valence-electron chi connectivity index (χ2n) is 4.45. The molecule has 0 radical (unpaired) electrons. The number of nitro benzene ring substituents is 1. The molecular formula is C15H13FN2O5. The molecule has 0 atom stereocenters. The van der Waals surface area contributed by atoms with Crippen molar-refractivity contribution >= 4 is 17.3 Å². The molecular weight excluding hydrogens is 307 g/mol. The lowest BCUT2D eigenvalue weighted by atomic mass is 10.1. The predicted molar refractivity (Wildman–Crippen MR) is 80.6 cm³/mol. The molecule has 2 aromatic rings. The van der Waals surface area contributed by atoms with Gasteiger partial charge in [0.05, 0.1) is 25.2 Å². The summed E-state index contributed by atoms with van der Waals surface area (Å²) in [7, 11) is 2.67. The molecule has 0 heterocycles. The zero-order valence-corrected chi connectivity index (χ0v) is 12.3. The number of anilines is 1. The third-order valence-corrected chi connectivity index (χ3v) is 3.03. The van der Waals surface area contributed by atoms with Crippen LogP contribution in [0.15, 0.2) is 36.4 Å². The maximum atomic E-state index is 13.1. The van der Waals surface area contributed by atoms with Crippen molar-refractivity contribution in [3.8, 4) is 11.5 Å². The van der Waals surface area contributed by atoms with E-state index >= 15 is 0 Å². The Bertz CT molecular complexity index is 764. The summed E-state index contributed by atoms with van der Waals surface area (Å²) in [5.74, 6) is -1.00. The number of carbonyl (C=O) groups is 1. The Kier molecular flexibility index (Phi) is 4.75. The van der Waals surface area contributed by atoms with Crippen LogP contribution < -0.4 is 14.8 Å². The zero-order chi connectivity index (χ0) is 17.0. The van der Waals surface area contributed by atoms with E-state index in [4.69, 9.17) is 9.47 Å². The minimum absolute atomic E-state index is 0.126. The molecule has 7 nitrogen and oxygen atoms in total. The topological polar surface area (TPSA) is 90.7 Å². The summed E-state index contributed by atoms with van der Waals surface area (Å²) in [6.07, 6.45) is 0. The molecule has 0 aliphatic carbocycles. The van der Waals surface area contributed by atoms with Crippen molar-refractivity contribution in [3.05, 3.63) is 57.9 Å². The number of methoxy groups -OCH3 is 2. The van der Waals surface area contributed by atoms with Crippen molar-refractivity contribution in [2.24, 2.45) is 0 Å². The summed E-state index contributed by atoms with van der Waals surface area (Å²) in [5, 5.41) is 13.6. The Labute approximate surface area is 130 Å². The van der Waals surface area contributed by atoms with Gasteiger partial charge in [0.2, 0.25) is 0 Å². The van der Waals surface area contributed by atoms with Gasteiger partial charge in [0.15, 0.2) is 11.5 Å². The monoisotopic (exact) mass is 320 g/mol. The van der Waals surface area contributed by atoms with Crippen LogP contribution in [0, 0.1) is 15.9 Å². The summed E-state index contributed by atoms with van der Waals surface area (Å²) < 4.78 is 23.2. The lowest BCUT2D eigenvalue weighted by Gasteiger charge is -2.11. The number of hydrogen-bond donors (Lipinski definition) is 1. The van der Waals surface area contributed by atoms with E-state index in [2.05, 4.69) is 5.32 Å². The van der Waals surface area contributed by atoms with Gasteiger partial charge in [-0.1, -0.05) is 6.07 Å². The fourth-order valence-electron chi connectivity index (χ4n) is 1.97. The zero-order valence-electron chi connectivity index (χ0n) is 12.3. The molecule has 0 unspecified atom stereocenters. The summed E-state index contributed by atoms with van der Waals surface area (Å²) in [6.45, 7) is 0. The first-order valence-corrected chi connectivity index (χ1v) is 6.43. The van der Waals surface area contributed by atoms with Crippen molar-refractivity contribution in [2.45, 2.75) is 0 Å². The SMILES string of the molecule is COc1cc(C(=O)Nc2cccc(F)c2)c([N+](=O)[O-])cc1OC. The van der Waals surface area contributed by atoms with Gasteiger partial charge in [-0.25, -0.2) is 4.39 Å². The summed E-state index contributed by atoms with van der Waals surface area (Å²) in [6, 6.07) is 7.49. The molecule has 0 fully saturated rings. The van der Waals surface area contributed by atoms with Crippen molar-refractivity contribution in [3.63, 3.8) is 0 Å². The smallest absolute Gasteiger partial charge is 0.286 e. The van der Waals surface area contributed by atoms with Crippen LogP contribution in [0.25, 0.3) is 0 Å². The molecule has 0 saturated heterocycles. The highest BCUT2D eigenvalue weighted by molar-refractivity contribution is 6.07. The molecule has 8 heteroatoms. The van der Waals surface area contributed by atoms with Crippen LogP contribution in [-0.4, -0.2) is 25.1 Å². The largest absolute Gasteiger partial charge is 0.493 e. The maximum Gasteiger partial charge on any atom is 0.286 e. The molecule has 0 bridgehead atoms. The highest BCUT2D eigenvalue weighted by Crippen LogP contribution is 2.34. The van der Waals surface area contributed by atoms with Gasteiger partial charge in [-0.05, 0) is 18.2 Å². The number of amides is 1. The molecule has 0 aliphatic heterocycles. The van der Waals surface area contributed by atoms with E-state index in [-0.39, 0.29) is 22.7 Å². The van der Waals surface area contributed by atoms with E-state index in [1.165, 1.54) is 38.5 Å². The Balaban J connectivity index is 2.44. The molecule has 0 saturated carbocycles. The average Bonchev–Trinajstić information content (AvgIpc) is 2.53. The maximum absolute atomic E-state index is 13.1. The number of rotatable bonds is 5. The Morgan fingerprint density at radius 1 is 1.17 bits per heavy atom. The molecule has 23 heavy (non-hydrogen) atoms. The van der Waals surface area contributed by atoms with Gasteiger partial charge in [0.25, 0.3) is 11.6 Å². The van der Waals surface area contributed by atoms with Gasteiger partial charge in [0, 0.05) is 11.8 Å². The lowest BCUT2D eigenvalue weighted by molar-refractivity contribution is -0.385. The Morgan fingerprint density at radius 3 is 2.39 bits per heavy atom. The molecule has 2 rings (SSSR count). The summed E-state index contributed by atoms with van der Waals surface area (Å²) in [5.41, 5.74) is -0.493. The second kappa shape index (κ2) is 6.73. The minimum atomic E-state index is -0.761. The van der Waals surface area contributed by atoms with E-state index in [1.807, 2.05) is 0 Å². The van der Waals surface area contributed by atoms with Gasteiger partial charge in [-0.2, -0.15) is 0 Å². The van der Waals surface area contributed by atoms with Gasteiger partial charge in [0.1, 0.15) is 11.4 Å². The number of hydrogen-bond acceptors (Lipinski definition) is 5. The van der Waals surface area contributed by atoms with Crippen LogP contribution in [0.3, 0.4) is 0 Å². The number of nitrogens with zero attached hydrogens (tertiary/aromatic N) is 1. The summed E-state index contributed by atoms with van der Waals surface area (Å²) >= 11 is 0. The quantitative estimate of drug-likeness (QED) is 0.675. The first kappa shape index (κ1) is 16.2. The third-order valence-electron chi connectivity index (χ3n) is 3.03. The van der Waals surface area contributed by atoms with Crippen molar-refractivity contribution in [1.29, 1.82) is 0 Å². The third kappa shape index (κ3) is 3.54. The van der Waals surface area contributed by atoms with E-state index in [9.17, 15) is 19.3 Å². The standard InChI is InChI=1S/C15H13FN2O5/c1-22-13-7-11(12(18(20)21)8-14(13)23-2)15(19)17-10-5-3-4-9(16)6-10/h3-8H,1-2H3,(H,17,19). The number of nitro groups is 1. The van der Waals surface area contributed by atoms with Crippen molar-refractivity contribution in [1.82, 2.24) is 0 Å². The molecule has 120 valence electrons. The molecule has 1 N–H and O–H groups in total. The van der Waals surface area contributed by atoms with E-state index < -0.39 is 22.3 Å². The number of ether oxygens (including phenoxy) is 2. The molecule has 2 aromatic carbocycles. The summed E-state index contributed by atoms with van der Waals surface area (Å²) in [4.78, 5) is 22.7. The Hall–Kier alpha value is -3.16. The highest BCUT2D eigenvalue weighted by Gasteiger charge is 2.24. The van der Waals surface area contributed by atoms with Gasteiger partial charge in [-0.3, -0.25) is 14.9 Å². The van der Waals surface area contributed by atoms with Crippen LogP contribution in [0.2, 0.25) is 0 Å². The molecule has 0 aromatic heterocycles. The van der Waals surface area contributed by atoms with E-state index in [1.54, 1.807) is 0 Å². The predicted octanol–water partition coefficient (Wildman–Crippen LogP) is 3.00. The fraction of sp³-hybridized carbons (Fsp3) is 0.133. The van der Waals surface area contributed by atoms with E-state index in [0.717, 1.165) is 12.1 Å². The van der Waals surface area contributed by atoms with Crippen molar-refractivity contribution in [2.75, 3.05) is 19.5 Å². The fourth-order valence-corrected chi connectivity index (χ4v) is 1.97. The number of halogens is 1.